The van der Waals surface area contributed by atoms with Crippen molar-refractivity contribution in [2.24, 2.45) is 11.3 Å². The Kier molecular flexibility index (Phi) is 13.0. The van der Waals surface area contributed by atoms with Crippen LogP contribution in [0.4, 0.5) is 0 Å². The van der Waals surface area contributed by atoms with Crippen LogP contribution in [0.2, 0.25) is 0 Å². The van der Waals surface area contributed by atoms with E-state index in [1.54, 1.807) is 26.1 Å². The molecule has 2 aromatic carbocycles. The Balaban J connectivity index is 2.41. The third-order valence-corrected chi connectivity index (χ3v) is 8.83. The monoisotopic (exact) mass is 604 g/mol. The van der Waals surface area contributed by atoms with Crippen LogP contribution in [0.5, 0.6) is 5.75 Å². The fraction of sp³-hybridized carbons (Fsp3) is 0.548. The van der Waals surface area contributed by atoms with Crippen molar-refractivity contribution in [2.75, 3.05) is 27.2 Å². The van der Waals surface area contributed by atoms with Gasteiger partial charge >= 0.3 is 0 Å². The number of methoxy groups -OCH3 is 1. The maximum absolute atomic E-state index is 13.7. The number of likely N-dealkylation sites (N-methyl/N-ethyl adjacent to an activating group) is 1. The van der Waals surface area contributed by atoms with Crippen molar-refractivity contribution in [1.29, 1.82) is 0 Å². The first kappa shape index (κ1) is 35.2. The maximum Gasteiger partial charge on any atom is 0.243 e. The Labute approximate surface area is 251 Å². The molecule has 234 valence electrons. The topological polar surface area (TPSA) is 137 Å². The molecular formula is C31H48N4O6S. The lowest BCUT2D eigenvalue weighted by molar-refractivity contribution is -0.133. The molecule has 0 radical (unpaired) electrons. The lowest BCUT2D eigenvalue weighted by Crippen LogP contribution is -2.60. The first-order valence-corrected chi connectivity index (χ1v) is 15.7. The second-order valence-electron chi connectivity index (χ2n) is 12.1. The molecule has 2 rings (SSSR count). The van der Waals surface area contributed by atoms with Crippen molar-refractivity contribution in [3.05, 3.63) is 60.2 Å². The Bertz CT molecular complexity index is 1250. The van der Waals surface area contributed by atoms with Crippen LogP contribution in [-0.2, 0) is 26.0 Å². The van der Waals surface area contributed by atoms with Crippen LogP contribution in [-0.4, -0.2) is 81.1 Å². The number of rotatable bonds is 15. The van der Waals surface area contributed by atoms with Gasteiger partial charge in [-0.1, -0.05) is 65.0 Å². The number of aliphatic hydroxyl groups is 1. The minimum Gasteiger partial charge on any atom is -0.497 e. The summed E-state index contributed by atoms with van der Waals surface area (Å²) in [4.78, 5) is 26.5. The van der Waals surface area contributed by atoms with E-state index in [9.17, 15) is 23.1 Å². The third kappa shape index (κ3) is 10.1. The summed E-state index contributed by atoms with van der Waals surface area (Å²) >= 11 is 0. The normalized spacial score (nSPS) is 15.1. The molecule has 11 heteroatoms. The molecule has 0 fully saturated rings. The Morgan fingerprint density at radius 3 is 2.02 bits per heavy atom. The third-order valence-electron chi connectivity index (χ3n) is 6.99. The zero-order chi connectivity index (χ0) is 31.7. The molecule has 0 bridgehead atoms. The minimum atomic E-state index is -3.98. The average Bonchev–Trinajstić information content (AvgIpc) is 2.94. The van der Waals surface area contributed by atoms with Crippen molar-refractivity contribution in [3.8, 4) is 5.75 Å². The van der Waals surface area contributed by atoms with E-state index in [-0.39, 0.29) is 36.2 Å². The van der Waals surface area contributed by atoms with Gasteiger partial charge in [-0.15, -0.1) is 0 Å². The number of aliphatic hydroxyl groups excluding tert-OH is 1. The summed E-state index contributed by atoms with van der Waals surface area (Å²) in [5.74, 6) is -0.296. The number of ether oxygens (including phenoxy) is 1. The molecule has 42 heavy (non-hydrogen) atoms. The minimum absolute atomic E-state index is 0.0259. The van der Waals surface area contributed by atoms with Gasteiger partial charge in [0.1, 0.15) is 11.8 Å². The van der Waals surface area contributed by atoms with Gasteiger partial charge in [-0.2, -0.15) is 4.31 Å². The van der Waals surface area contributed by atoms with Gasteiger partial charge in [-0.05, 0) is 61.6 Å². The van der Waals surface area contributed by atoms with E-state index in [4.69, 9.17) is 4.74 Å². The van der Waals surface area contributed by atoms with Gasteiger partial charge in [0.05, 0.1) is 30.2 Å². The zero-order valence-corrected chi connectivity index (χ0v) is 26.9. The van der Waals surface area contributed by atoms with E-state index in [2.05, 4.69) is 16.0 Å². The first-order valence-electron chi connectivity index (χ1n) is 14.2. The Hall–Kier alpha value is -2.99. The summed E-state index contributed by atoms with van der Waals surface area (Å²) in [6, 6.07) is 13.2. The van der Waals surface area contributed by atoms with Gasteiger partial charge in [-0.3, -0.25) is 9.59 Å². The van der Waals surface area contributed by atoms with Gasteiger partial charge in [0.2, 0.25) is 21.8 Å². The highest BCUT2D eigenvalue weighted by Gasteiger charge is 2.37. The van der Waals surface area contributed by atoms with Gasteiger partial charge in [0.15, 0.2) is 0 Å². The predicted molar refractivity (Wildman–Crippen MR) is 165 cm³/mol. The molecule has 0 spiro atoms. The number of carbonyl (C=O) groups excluding carboxylic acids is 2. The molecule has 0 aliphatic rings. The van der Waals surface area contributed by atoms with Crippen molar-refractivity contribution in [1.82, 2.24) is 20.3 Å². The number of amides is 2. The second-order valence-corrected chi connectivity index (χ2v) is 14.0. The molecule has 4 N–H and O–H groups in total. The molecule has 10 nitrogen and oxygen atoms in total. The lowest BCUT2D eigenvalue weighted by Gasteiger charge is -2.35. The standard InChI is InChI=1S/C31H48N4O6S/c1-21(2)19-35(42(39,40)25-16-14-24(41-8)15-17-25)20-27(36)26(18-23-12-10-9-11-13-23)33-30(38)28(31(4,5)6)34-29(37)22(3)32-7/h9-17,21-22,26-28,32,36H,18-20H2,1-8H3,(H,33,38)(H,34,37)/t22-,26+,27-,28-/m1/s1. The van der Waals surface area contributed by atoms with Crippen LogP contribution in [0.25, 0.3) is 0 Å². The van der Waals surface area contributed by atoms with Gasteiger partial charge in [-0.25, -0.2) is 8.42 Å². The quantitative estimate of drug-likeness (QED) is 0.245. The number of hydrogen-bond acceptors (Lipinski definition) is 7. The first-order chi connectivity index (χ1) is 19.6. The van der Waals surface area contributed by atoms with E-state index in [1.807, 2.05) is 65.0 Å². The van der Waals surface area contributed by atoms with Gasteiger partial charge in [0.25, 0.3) is 0 Å². The summed E-state index contributed by atoms with van der Waals surface area (Å²) in [6.45, 7) is 10.9. The van der Waals surface area contributed by atoms with Crippen molar-refractivity contribution in [3.63, 3.8) is 0 Å². The van der Waals surface area contributed by atoms with E-state index in [0.717, 1.165) is 5.56 Å². The van der Waals surface area contributed by atoms with E-state index < -0.39 is 45.6 Å². The summed E-state index contributed by atoms with van der Waals surface area (Å²) < 4.78 is 33.8. The Morgan fingerprint density at radius 2 is 1.52 bits per heavy atom. The van der Waals surface area contributed by atoms with Crippen LogP contribution >= 0.6 is 0 Å². The second kappa shape index (κ2) is 15.5. The molecule has 2 aromatic rings. The predicted octanol–water partition coefficient (Wildman–Crippen LogP) is 2.57. The number of sulfonamides is 1. The smallest absolute Gasteiger partial charge is 0.243 e. The highest BCUT2D eigenvalue weighted by molar-refractivity contribution is 7.89. The van der Waals surface area contributed by atoms with E-state index in [1.165, 1.54) is 23.5 Å². The zero-order valence-electron chi connectivity index (χ0n) is 26.0. The summed E-state index contributed by atoms with van der Waals surface area (Å²) in [6.07, 6.45) is -1.00. The van der Waals surface area contributed by atoms with Crippen molar-refractivity contribution < 1.29 is 27.9 Å². The molecule has 0 aromatic heterocycles. The summed E-state index contributed by atoms with van der Waals surface area (Å²) in [7, 11) is -0.817. The highest BCUT2D eigenvalue weighted by Crippen LogP contribution is 2.23. The number of benzene rings is 2. The van der Waals surface area contributed by atoms with Crippen molar-refractivity contribution in [2.45, 2.75) is 77.1 Å². The highest BCUT2D eigenvalue weighted by atomic mass is 32.2. The summed E-state index contributed by atoms with van der Waals surface area (Å²) in [5, 5.41) is 20.2. The van der Waals surface area contributed by atoms with E-state index >= 15 is 0 Å². The SMILES string of the molecule is CN[C@H](C)C(=O)N[C@H](C(=O)N[C@@H](Cc1ccccc1)[C@H](O)CN(CC(C)C)S(=O)(=O)c1ccc(OC)cc1)C(C)(C)C. The number of hydrogen-bond donors (Lipinski definition) is 4. The molecule has 0 saturated heterocycles. The van der Waals surface area contributed by atoms with Crippen LogP contribution in [0.15, 0.2) is 59.5 Å². The van der Waals surface area contributed by atoms with Crippen LogP contribution < -0.4 is 20.7 Å². The largest absolute Gasteiger partial charge is 0.497 e. The lowest BCUT2D eigenvalue weighted by atomic mass is 9.85. The molecular weight excluding hydrogens is 556 g/mol. The fourth-order valence-corrected chi connectivity index (χ4v) is 6.02. The molecule has 2 amide bonds. The van der Waals surface area contributed by atoms with Crippen LogP contribution in [0.3, 0.4) is 0 Å². The van der Waals surface area contributed by atoms with Gasteiger partial charge in [0, 0.05) is 13.1 Å². The molecule has 0 saturated carbocycles. The molecule has 4 atom stereocenters. The average molecular weight is 605 g/mol. The molecule has 0 aliphatic heterocycles. The van der Waals surface area contributed by atoms with Crippen LogP contribution in [0.1, 0.15) is 47.1 Å². The van der Waals surface area contributed by atoms with E-state index in [0.29, 0.717) is 5.75 Å². The Morgan fingerprint density at radius 1 is 0.929 bits per heavy atom. The molecule has 0 heterocycles. The van der Waals surface area contributed by atoms with Crippen LogP contribution in [0, 0.1) is 11.3 Å². The maximum atomic E-state index is 13.7. The summed E-state index contributed by atoms with van der Waals surface area (Å²) in [5.41, 5.74) is 0.215. The molecule has 0 unspecified atom stereocenters. The molecule has 0 aliphatic carbocycles. The number of nitrogens with zero attached hydrogens (tertiary/aromatic N) is 1. The van der Waals surface area contributed by atoms with Crippen molar-refractivity contribution >= 4 is 21.8 Å². The number of nitrogens with one attached hydrogen (secondary N) is 3. The van der Waals surface area contributed by atoms with Gasteiger partial charge < -0.3 is 25.8 Å². The fourth-order valence-electron chi connectivity index (χ4n) is 4.40. The number of carbonyl (C=O) groups is 2.